The van der Waals surface area contributed by atoms with Crippen molar-refractivity contribution in [2.75, 3.05) is 12.4 Å². The lowest BCUT2D eigenvalue weighted by atomic mass is 10.1. The molecule has 3 aromatic rings. The van der Waals surface area contributed by atoms with Crippen LogP contribution in [0.1, 0.15) is 35.4 Å². The maximum atomic E-state index is 12.8. The van der Waals surface area contributed by atoms with Crippen molar-refractivity contribution in [3.05, 3.63) is 64.2 Å². The molecule has 1 N–H and O–H groups in total. The second-order valence-corrected chi connectivity index (χ2v) is 6.71. The van der Waals surface area contributed by atoms with Crippen molar-refractivity contribution in [3.63, 3.8) is 0 Å². The number of methoxy groups -OCH3 is 1. The summed E-state index contributed by atoms with van der Waals surface area (Å²) >= 11 is 0. The standard InChI is InChI=1S/C21H21N3O3/c1-27-16-9-7-15(8-10-16)22-20(25)14-6-11-17-18(13-14)23-19-5-3-2-4-12-24(19)21(17)26/h6-11,13H,2-5,12H2,1H3,(H,22,25). The second kappa shape index (κ2) is 7.23. The van der Waals surface area contributed by atoms with Gasteiger partial charge in [0, 0.05) is 24.2 Å². The third-order valence-electron chi connectivity index (χ3n) is 4.93. The van der Waals surface area contributed by atoms with Crippen molar-refractivity contribution in [1.29, 1.82) is 0 Å². The number of anilines is 1. The number of carbonyl (C=O) groups is 1. The molecule has 6 heteroatoms. The molecule has 0 unspecified atom stereocenters. The quantitative estimate of drug-likeness (QED) is 0.774. The van der Waals surface area contributed by atoms with E-state index in [9.17, 15) is 9.59 Å². The molecule has 138 valence electrons. The molecule has 0 saturated carbocycles. The van der Waals surface area contributed by atoms with Gasteiger partial charge in [0.05, 0.1) is 18.0 Å². The SMILES string of the molecule is COc1ccc(NC(=O)c2ccc3c(=O)n4c(nc3c2)CCCCC4)cc1. The van der Waals surface area contributed by atoms with Crippen LogP contribution in [0.3, 0.4) is 0 Å². The zero-order chi connectivity index (χ0) is 18.8. The van der Waals surface area contributed by atoms with E-state index in [-0.39, 0.29) is 11.5 Å². The van der Waals surface area contributed by atoms with Gasteiger partial charge < -0.3 is 10.1 Å². The molecule has 2 heterocycles. The third kappa shape index (κ3) is 3.43. The van der Waals surface area contributed by atoms with Crippen LogP contribution in [0, 0.1) is 0 Å². The van der Waals surface area contributed by atoms with E-state index in [2.05, 4.69) is 10.3 Å². The Labute approximate surface area is 156 Å². The van der Waals surface area contributed by atoms with Gasteiger partial charge >= 0.3 is 0 Å². The predicted octanol–water partition coefficient (Wildman–Crippen LogP) is 3.38. The Morgan fingerprint density at radius 3 is 2.70 bits per heavy atom. The number of carbonyl (C=O) groups excluding carboxylic acids is 1. The number of aryl methyl sites for hydroxylation is 1. The number of fused-ring (bicyclic) bond motifs is 2. The zero-order valence-electron chi connectivity index (χ0n) is 15.2. The van der Waals surface area contributed by atoms with Gasteiger partial charge in [-0.25, -0.2) is 4.98 Å². The van der Waals surface area contributed by atoms with Gasteiger partial charge in [-0.3, -0.25) is 14.2 Å². The Morgan fingerprint density at radius 1 is 1.11 bits per heavy atom. The molecule has 2 aromatic carbocycles. The minimum absolute atomic E-state index is 0.0148. The van der Waals surface area contributed by atoms with Crippen molar-refractivity contribution < 1.29 is 9.53 Å². The van der Waals surface area contributed by atoms with Crippen LogP contribution in [-0.4, -0.2) is 22.6 Å². The van der Waals surface area contributed by atoms with E-state index in [0.717, 1.165) is 43.8 Å². The van der Waals surface area contributed by atoms with E-state index in [0.29, 0.717) is 22.2 Å². The molecular formula is C21H21N3O3. The van der Waals surface area contributed by atoms with Gasteiger partial charge in [-0.1, -0.05) is 6.42 Å². The molecule has 0 radical (unpaired) electrons. The smallest absolute Gasteiger partial charge is 0.261 e. The number of amides is 1. The molecule has 6 nitrogen and oxygen atoms in total. The lowest BCUT2D eigenvalue weighted by Crippen LogP contribution is -2.24. The molecule has 0 aliphatic carbocycles. The molecule has 0 fully saturated rings. The van der Waals surface area contributed by atoms with Gasteiger partial charge in [0.2, 0.25) is 0 Å². The molecule has 0 spiro atoms. The number of nitrogens with one attached hydrogen (secondary N) is 1. The van der Waals surface area contributed by atoms with Crippen LogP contribution in [0.2, 0.25) is 0 Å². The Hall–Kier alpha value is -3.15. The fraction of sp³-hybridized carbons (Fsp3) is 0.286. The van der Waals surface area contributed by atoms with Crippen molar-refractivity contribution >= 4 is 22.5 Å². The molecule has 1 aromatic heterocycles. The van der Waals surface area contributed by atoms with Crippen LogP contribution in [-0.2, 0) is 13.0 Å². The minimum Gasteiger partial charge on any atom is -0.497 e. The van der Waals surface area contributed by atoms with Gasteiger partial charge in [-0.15, -0.1) is 0 Å². The molecule has 1 aliphatic rings. The van der Waals surface area contributed by atoms with E-state index >= 15 is 0 Å². The van der Waals surface area contributed by atoms with E-state index in [1.807, 2.05) is 0 Å². The number of aromatic nitrogens is 2. The van der Waals surface area contributed by atoms with Crippen molar-refractivity contribution in [1.82, 2.24) is 9.55 Å². The molecular weight excluding hydrogens is 342 g/mol. The highest BCUT2D eigenvalue weighted by Crippen LogP contribution is 2.19. The van der Waals surface area contributed by atoms with Crippen molar-refractivity contribution in [2.45, 2.75) is 32.2 Å². The summed E-state index contributed by atoms with van der Waals surface area (Å²) in [5.74, 6) is 1.31. The van der Waals surface area contributed by atoms with Crippen molar-refractivity contribution in [3.8, 4) is 5.75 Å². The summed E-state index contributed by atoms with van der Waals surface area (Å²) in [6.45, 7) is 0.719. The first kappa shape index (κ1) is 17.3. The lowest BCUT2D eigenvalue weighted by molar-refractivity contribution is 0.102. The van der Waals surface area contributed by atoms with Gasteiger partial charge in [0.15, 0.2) is 0 Å². The number of hydrogen-bond acceptors (Lipinski definition) is 4. The van der Waals surface area contributed by atoms with Gasteiger partial charge in [0.1, 0.15) is 11.6 Å². The number of nitrogens with zero attached hydrogens (tertiary/aromatic N) is 2. The van der Waals surface area contributed by atoms with Crippen LogP contribution in [0.5, 0.6) is 5.75 Å². The van der Waals surface area contributed by atoms with Crippen molar-refractivity contribution in [2.24, 2.45) is 0 Å². The fourth-order valence-electron chi connectivity index (χ4n) is 3.44. The number of rotatable bonds is 3. The third-order valence-corrected chi connectivity index (χ3v) is 4.93. The van der Waals surface area contributed by atoms with Crippen LogP contribution in [0.15, 0.2) is 47.3 Å². The predicted molar refractivity (Wildman–Crippen MR) is 105 cm³/mol. The largest absolute Gasteiger partial charge is 0.497 e. The summed E-state index contributed by atoms with van der Waals surface area (Å²) < 4.78 is 6.90. The Morgan fingerprint density at radius 2 is 1.93 bits per heavy atom. The van der Waals surface area contributed by atoms with E-state index in [4.69, 9.17) is 4.74 Å². The Balaban J connectivity index is 1.66. The maximum Gasteiger partial charge on any atom is 0.261 e. The molecule has 1 aliphatic heterocycles. The van der Waals surface area contributed by atoms with Crippen LogP contribution in [0.25, 0.3) is 10.9 Å². The molecule has 1 amide bonds. The lowest BCUT2D eigenvalue weighted by Gasteiger charge is -2.11. The summed E-state index contributed by atoms with van der Waals surface area (Å²) in [5.41, 5.74) is 1.72. The van der Waals surface area contributed by atoms with Crippen LogP contribution < -0.4 is 15.6 Å². The maximum absolute atomic E-state index is 12.8. The minimum atomic E-state index is -0.237. The van der Waals surface area contributed by atoms with E-state index < -0.39 is 0 Å². The zero-order valence-corrected chi connectivity index (χ0v) is 15.2. The topological polar surface area (TPSA) is 73.2 Å². The Bertz CT molecular complexity index is 1050. The van der Waals surface area contributed by atoms with E-state index in [1.54, 1.807) is 54.1 Å². The fourth-order valence-corrected chi connectivity index (χ4v) is 3.44. The summed E-state index contributed by atoms with van der Waals surface area (Å²) in [6.07, 6.45) is 3.94. The first-order valence-corrected chi connectivity index (χ1v) is 9.14. The van der Waals surface area contributed by atoms with Gasteiger partial charge in [0.25, 0.3) is 11.5 Å². The summed E-state index contributed by atoms with van der Waals surface area (Å²) in [5, 5.41) is 3.41. The highest BCUT2D eigenvalue weighted by molar-refractivity contribution is 6.06. The van der Waals surface area contributed by atoms with Gasteiger partial charge in [-0.2, -0.15) is 0 Å². The first-order chi connectivity index (χ1) is 13.2. The molecule has 0 atom stereocenters. The van der Waals surface area contributed by atoms with Gasteiger partial charge in [-0.05, 0) is 55.3 Å². The van der Waals surface area contributed by atoms with E-state index in [1.165, 1.54) is 0 Å². The number of benzene rings is 2. The number of ether oxygens (including phenoxy) is 1. The number of hydrogen-bond donors (Lipinski definition) is 1. The molecule has 0 saturated heterocycles. The average Bonchev–Trinajstić information content (AvgIpc) is 2.94. The summed E-state index contributed by atoms with van der Waals surface area (Å²) in [4.78, 5) is 30.0. The molecule has 0 bridgehead atoms. The average molecular weight is 363 g/mol. The highest BCUT2D eigenvalue weighted by Gasteiger charge is 2.15. The molecule has 27 heavy (non-hydrogen) atoms. The molecule has 4 rings (SSSR count). The summed E-state index contributed by atoms with van der Waals surface area (Å²) in [6, 6.07) is 12.2. The summed E-state index contributed by atoms with van der Waals surface area (Å²) in [7, 11) is 1.60. The van der Waals surface area contributed by atoms with Crippen LogP contribution in [0.4, 0.5) is 5.69 Å². The normalized spacial score (nSPS) is 13.7. The monoisotopic (exact) mass is 363 g/mol. The second-order valence-electron chi connectivity index (χ2n) is 6.71. The van der Waals surface area contributed by atoms with Crippen LogP contribution >= 0.6 is 0 Å². The highest BCUT2D eigenvalue weighted by atomic mass is 16.5. The Kier molecular flexibility index (Phi) is 4.62. The first-order valence-electron chi connectivity index (χ1n) is 9.14.